The molecule has 2 rings (SSSR count). The third-order valence-corrected chi connectivity index (χ3v) is 3.67. The summed E-state index contributed by atoms with van der Waals surface area (Å²) in [5.41, 5.74) is 0.557. The van der Waals surface area contributed by atoms with Crippen molar-refractivity contribution in [2.24, 2.45) is 5.41 Å². The van der Waals surface area contributed by atoms with Crippen molar-refractivity contribution >= 4 is 11.4 Å². The summed E-state index contributed by atoms with van der Waals surface area (Å²) < 4.78 is 13.3. The predicted octanol–water partition coefficient (Wildman–Crippen LogP) is 4.11. The Balaban J connectivity index is 2.12. The number of anilines is 1. The van der Waals surface area contributed by atoms with Gasteiger partial charge in [0.2, 0.25) is 0 Å². The first-order chi connectivity index (χ1) is 8.85. The van der Waals surface area contributed by atoms with Gasteiger partial charge in [-0.1, -0.05) is 20.3 Å². The average Bonchev–Trinajstić information content (AvgIpc) is 2.26. The van der Waals surface area contributed by atoms with Crippen molar-refractivity contribution in [3.05, 3.63) is 34.1 Å². The Morgan fingerprint density at radius 2 is 2.16 bits per heavy atom. The topological polar surface area (TPSA) is 55.2 Å². The Morgan fingerprint density at radius 3 is 2.79 bits per heavy atom. The molecule has 1 unspecified atom stereocenters. The van der Waals surface area contributed by atoms with E-state index >= 15 is 0 Å². The van der Waals surface area contributed by atoms with Crippen LogP contribution in [0.3, 0.4) is 0 Å². The SMILES string of the molecule is CC1(C)CCCC(Nc2cc(F)cc([N+](=O)[O-])c2)C1. The average molecular weight is 266 g/mol. The van der Waals surface area contributed by atoms with Gasteiger partial charge in [-0.3, -0.25) is 10.1 Å². The number of rotatable bonds is 3. The van der Waals surface area contributed by atoms with E-state index in [0.717, 1.165) is 25.3 Å². The molecule has 0 heterocycles. The second kappa shape index (κ2) is 5.15. The molecule has 5 heteroatoms. The monoisotopic (exact) mass is 266 g/mol. The van der Waals surface area contributed by atoms with Crippen LogP contribution in [0, 0.1) is 21.3 Å². The largest absolute Gasteiger partial charge is 0.382 e. The highest BCUT2D eigenvalue weighted by Gasteiger charge is 2.28. The number of nitro groups is 1. The van der Waals surface area contributed by atoms with E-state index in [1.807, 2.05) is 0 Å². The zero-order valence-corrected chi connectivity index (χ0v) is 11.3. The summed E-state index contributed by atoms with van der Waals surface area (Å²) in [5.74, 6) is -0.577. The van der Waals surface area contributed by atoms with Crippen molar-refractivity contribution in [2.75, 3.05) is 5.32 Å². The first-order valence-electron chi connectivity index (χ1n) is 6.57. The van der Waals surface area contributed by atoms with Gasteiger partial charge in [0.1, 0.15) is 5.82 Å². The summed E-state index contributed by atoms with van der Waals surface area (Å²) >= 11 is 0. The molecule has 1 atom stereocenters. The zero-order chi connectivity index (χ0) is 14.0. The molecule has 1 aromatic carbocycles. The summed E-state index contributed by atoms with van der Waals surface area (Å²) in [6, 6.07) is 3.90. The Bertz CT molecular complexity index is 488. The highest BCUT2D eigenvalue weighted by molar-refractivity contribution is 5.52. The Labute approximate surface area is 112 Å². The molecule has 0 amide bonds. The van der Waals surface area contributed by atoms with Crippen LogP contribution in [-0.4, -0.2) is 11.0 Å². The summed E-state index contributed by atoms with van der Waals surface area (Å²) in [6.45, 7) is 4.43. The van der Waals surface area contributed by atoms with Gasteiger partial charge in [-0.15, -0.1) is 0 Å². The van der Waals surface area contributed by atoms with E-state index in [-0.39, 0.29) is 17.1 Å². The lowest BCUT2D eigenvalue weighted by Crippen LogP contribution is -2.31. The molecular formula is C14H19FN2O2. The summed E-state index contributed by atoms with van der Waals surface area (Å²) in [5, 5.41) is 13.9. The lowest BCUT2D eigenvalue weighted by Gasteiger charge is -2.36. The Hall–Kier alpha value is -1.65. The fourth-order valence-electron chi connectivity index (χ4n) is 2.82. The van der Waals surface area contributed by atoms with E-state index < -0.39 is 10.7 Å². The third kappa shape index (κ3) is 3.66. The summed E-state index contributed by atoms with van der Waals surface area (Å²) in [4.78, 5) is 10.1. The van der Waals surface area contributed by atoms with Gasteiger partial charge >= 0.3 is 0 Å². The standard InChI is InChI=1S/C14H19FN2O2/c1-14(2)5-3-4-11(9-14)16-12-6-10(15)7-13(8-12)17(18)19/h6-8,11,16H,3-5,9H2,1-2H3. The first kappa shape index (κ1) is 13.8. The normalized spacial score (nSPS) is 21.9. The maximum absolute atomic E-state index is 13.3. The van der Waals surface area contributed by atoms with Gasteiger partial charge in [-0.25, -0.2) is 4.39 Å². The highest BCUT2D eigenvalue weighted by atomic mass is 19.1. The van der Waals surface area contributed by atoms with Gasteiger partial charge in [-0.2, -0.15) is 0 Å². The molecule has 1 N–H and O–H groups in total. The second-order valence-corrected chi connectivity index (χ2v) is 6.06. The van der Waals surface area contributed by atoms with Crippen LogP contribution in [0.2, 0.25) is 0 Å². The van der Waals surface area contributed by atoms with Crippen LogP contribution in [0.4, 0.5) is 15.8 Å². The number of nitrogens with one attached hydrogen (secondary N) is 1. The minimum atomic E-state index is -0.577. The van der Waals surface area contributed by atoms with E-state index in [0.29, 0.717) is 5.69 Å². The number of benzene rings is 1. The smallest absolute Gasteiger partial charge is 0.274 e. The number of nitro benzene ring substituents is 1. The lowest BCUT2D eigenvalue weighted by molar-refractivity contribution is -0.385. The quantitative estimate of drug-likeness (QED) is 0.661. The minimum Gasteiger partial charge on any atom is -0.382 e. The van der Waals surface area contributed by atoms with Crippen LogP contribution in [-0.2, 0) is 0 Å². The molecule has 1 aromatic rings. The van der Waals surface area contributed by atoms with Crippen LogP contribution < -0.4 is 5.32 Å². The predicted molar refractivity (Wildman–Crippen MR) is 72.7 cm³/mol. The van der Waals surface area contributed by atoms with Crippen LogP contribution in [0.15, 0.2) is 18.2 Å². The number of hydrogen-bond acceptors (Lipinski definition) is 3. The highest BCUT2D eigenvalue weighted by Crippen LogP contribution is 2.36. The maximum Gasteiger partial charge on any atom is 0.274 e. The van der Waals surface area contributed by atoms with Crippen LogP contribution in [0.1, 0.15) is 39.5 Å². The van der Waals surface area contributed by atoms with Crippen LogP contribution in [0.25, 0.3) is 0 Å². The van der Waals surface area contributed by atoms with Gasteiger partial charge in [0.15, 0.2) is 0 Å². The molecule has 1 aliphatic rings. The third-order valence-electron chi connectivity index (χ3n) is 3.67. The maximum atomic E-state index is 13.3. The molecule has 4 nitrogen and oxygen atoms in total. The molecule has 104 valence electrons. The van der Waals surface area contributed by atoms with E-state index in [2.05, 4.69) is 19.2 Å². The van der Waals surface area contributed by atoms with Crippen molar-refractivity contribution in [2.45, 2.75) is 45.6 Å². The van der Waals surface area contributed by atoms with Gasteiger partial charge < -0.3 is 5.32 Å². The van der Waals surface area contributed by atoms with Crippen LogP contribution in [0.5, 0.6) is 0 Å². The van der Waals surface area contributed by atoms with Crippen molar-refractivity contribution in [1.29, 1.82) is 0 Å². The van der Waals surface area contributed by atoms with E-state index in [4.69, 9.17) is 0 Å². The molecule has 0 bridgehead atoms. The second-order valence-electron chi connectivity index (χ2n) is 6.06. The van der Waals surface area contributed by atoms with Crippen molar-refractivity contribution < 1.29 is 9.31 Å². The van der Waals surface area contributed by atoms with E-state index in [9.17, 15) is 14.5 Å². The van der Waals surface area contributed by atoms with Crippen molar-refractivity contribution in [3.63, 3.8) is 0 Å². The minimum absolute atomic E-state index is 0.211. The molecule has 1 aliphatic carbocycles. The molecule has 1 fully saturated rings. The molecule has 0 spiro atoms. The van der Waals surface area contributed by atoms with Crippen LogP contribution >= 0.6 is 0 Å². The molecule has 0 radical (unpaired) electrons. The molecular weight excluding hydrogens is 247 g/mol. The van der Waals surface area contributed by atoms with Crippen molar-refractivity contribution in [3.8, 4) is 0 Å². The number of non-ortho nitro benzene ring substituents is 1. The van der Waals surface area contributed by atoms with Crippen molar-refractivity contribution in [1.82, 2.24) is 0 Å². The molecule has 1 saturated carbocycles. The van der Waals surface area contributed by atoms with Gasteiger partial charge in [-0.05, 0) is 30.7 Å². The molecule has 0 saturated heterocycles. The summed E-state index contributed by atoms with van der Waals surface area (Å²) in [7, 11) is 0. The van der Waals surface area contributed by atoms with E-state index in [1.165, 1.54) is 18.6 Å². The number of nitrogens with zero attached hydrogens (tertiary/aromatic N) is 1. The molecule has 0 aliphatic heterocycles. The first-order valence-corrected chi connectivity index (χ1v) is 6.57. The fourth-order valence-corrected chi connectivity index (χ4v) is 2.82. The fraction of sp³-hybridized carbons (Fsp3) is 0.571. The summed E-state index contributed by atoms with van der Waals surface area (Å²) in [6.07, 6.45) is 4.33. The van der Waals surface area contributed by atoms with E-state index in [1.54, 1.807) is 0 Å². The Kier molecular flexibility index (Phi) is 3.73. The zero-order valence-electron chi connectivity index (χ0n) is 11.3. The number of hydrogen-bond donors (Lipinski definition) is 1. The van der Waals surface area contributed by atoms with Gasteiger partial charge in [0.05, 0.1) is 11.0 Å². The lowest BCUT2D eigenvalue weighted by atomic mass is 9.75. The van der Waals surface area contributed by atoms with Gasteiger partial charge in [0, 0.05) is 17.8 Å². The molecule has 19 heavy (non-hydrogen) atoms. The van der Waals surface area contributed by atoms with Gasteiger partial charge in [0.25, 0.3) is 5.69 Å². The number of halogens is 1. The molecule has 0 aromatic heterocycles. The Morgan fingerprint density at radius 1 is 1.42 bits per heavy atom.